The topological polar surface area (TPSA) is 80.9 Å². The van der Waals surface area contributed by atoms with Crippen LogP contribution in [0.1, 0.15) is 5.56 Å². The van der Waals surface area contributed by atoms with Gasteiger partial charge in [0.2, 0.25) is 5.91 Å². The van der Waals surface area contributed by atoms with Crippen molar-refractivity contribution in [3.63, 3.8) is 0 Å². The lowest BCUT2D eigenvalue weighted by Crippen LogP contribution is -2.31. The fourth-order valence-electron chi connectivity index (χ4n) is 1.36. The molecular weight excluding hydrogens is 192 g/mol. The molecule has 3 N–H and O–H groups in total. The van der Waals surface area contributed by atoms with E-state index in [1.807, 2.05) is 18.2 Å². The van der Waals surface area contributed by atoms with Crippen LogP contribution in [-0.4, -0.2) is 15.9 Å². The fraction of sp³-hybridized carbons (Fsp3) is 0.100. The van der Waals surface area contributed by atoms with Crippen LogP contribution in [0.15, 0.2) is 30.6 Å². The first-order chi connectivity index (χ1) is 7.29. The van der Waals surface area contributed by atoms with Gasteiger partial charge in [0, 0.05) is 12.4 Å². The number of amides is 1. The van der Waals surface area contributed by atoms with Crippen LogP contribution in [0.2, 0.25) is 0 Å². The lowest BCUT2D eigenvalue weighted by atomic mass is 10.1. The molecule has 0 fully saturated rings. The smallest absolute Gasteiger partial charge is 0.238 e. The SMILES string of the molecule is NNC(=O)Cc1ccc2nccnc2c1. The van der Waals surface area contributed by atoms with E-state index in [4.69, 9.17) is 5.84 Å². The van der Waals surface area contributed by atoms with Crippen LogP contribution in [0.5, 0.6) is 0 Å². The minimum absolute atomic E-state index is 0.224. The van der Waals surface area contributed by atoms with Gasteiger partial charge in [-0.25, -0.2) is 5.84 Å². The molecule has 1 heterocycles. The molecule has 0 aliphatic carbocycles. The monoisotopic (exact) mass is 202 g/mol. The molecular formula is C10H10N4O. The van der Waals surface area contributed by atoms with Crippen LogP contribution in [0.3, 0.4) is 0 Å². The number of hydrazine groups is 1. The molecule has 15 heavy (non-hydrogen) atoms. The Morgan fingerprint density at radius 3 is 2.73 bits per heavy atom. The van der Waals surface area contributed by atoms with Crippen LogP contribution < -0.4 is 11.3 Å². The van der Waals surface area contributed by atoms with Crippen molar-refractivity contribution in [3.8, 4) is 0 Å². The Balaban J connectivity index is 2.34. The molecule has 0 aliphatic heterocycles. The lowest BCUT2D eigenvalue weighted by Gasteiger charge is -2.01. The number of hydrogen-bond donors (Lipinski definition) is 2. The molecule has 76 valence electrons. The van der Waals surface area contributed by atoms with Crippen LogP contribution in [-0.2, 0) is 11.2 Å². The molecule has 2 aromatic rings. The first kappa shape index (κ1) is 9.54. The maximum absolute atomic E-state index is 11.0. The Morgan fingerprint density at radius 2 is 2.00 bits per heavy atom. The van der Waals surface area contributed by atoms with Gasteiger partial charge in [0.1, 0.15) is 0 Å². The third kappa shape index (κ3) is 2.08. The first-order valence-electron chi connectivity index (χ1n) is 4.48. The number of nitrogens with one attached hydrogen (secondary N) is 1. The molecule has 1 amide bonds. The van der Waals surface area contributed by atoms with Gasteiger partial charge in [-0.1, -0.05) is 6.07 Å². The van der Waals surface area contributed by atoms with Crippen molar-refractivity contribution in [2.75, 3.05) is 0 Å². The van der Waals surface area contributed by atoms with Gasteiger partial charge in [0.05, 0.1) is 17.5 Å². The Kier molecular flexibility index (Phi) is 2.55. The molecule has 0 unspecified atom stereocenters. The first-order valence-corrected chi connectivity index (χ1v) is 4.48. The number of benzene rings is 1. The highest BCUT2D eigenvalue weighted by Gasteiger charge is 2.02. The van der Waals surface area contributed by atoms with Gasteiger partial charge in [-0.3, -0.25) is 20.2 Å². The second kappa shape index (κ2) is 4.02. The number of carbonyl (C=O) groups excluding carboxylic acids is 1. The fourth-order valence-corrected chi connectivity index (χ4v) is 1.36. The number of rotatable bonds is 2. The Hall–Kier alpha value is -2.01. The number of fused-ring (bicyclic) bond motifs is 1. The van der Waals surface area contributed by atoms with Gasteiger partial charge in [-0.15, -0.1) is 0 Å². The predicted octanol–water partition coefficient (Wildman–Crippen LogP) is 0.162. The van der Waals surface area contributed by atoms with E-state index >= 15 is 0 Å². The van der Waals surface area contributed by atoms with Crippen LogP contribution in [0, 0.1) is 0 Å². The molecule has 2 rings (SSSR count). The van der Waals surface area contributed by atoms with E-state index in [1.54, 1.807) is 12.4 Å². The van der Waals surface area contributed by atoms with Crippen LogP contribution in [0.4, 0.5) is 0 Å². The second-order valence-corrected chi connectivity index (χ2v) is 3.12. The second-order valence-electron chi connectivity index (χ2n) is 3.12. The summed E-state index contributed by atoms with van der Waals surface area (Å²) in [5.74, 6) is 4.78. The average Bonchev–Trinajstić information content (AvgIpc) is 2.29. The largest absolute Gasteiger partial charge is 0.294 e. The van der Waals surface area contributed by atoms with E-state index in [0.717, 1.165) is 16.6 Å². The molecule has 0 aliphatic rings. The number of aromatic nitrogens is 2. The quantitative estimate of drug-likeness (QED) is 0.413. The van der Waals surface area contributed by atoms with Gasteiger partial charge in [-0.2, -0.15) is 0 Å². The molecule has 1 aromatic heterocycles. The van der Waals surface area contributed by atoms with Crippen molar-refractivity contribution in [3.05, 3.63) is 36.2 Å². The summed E-state index contributed by atoms with van der Waals surface area (Å²) in [7, 11) is 0. The van der Waals surface area contributed by atoms with Crippen molar-refractivity contribution in [2.24, 2.45) is 5.84 Å². The molecule has 0 saturated heterocycles. The third-order valence-electron chi connectivity index (χ3n) is 2.06. The van der Waals surface area contributed by atoms with Gasteiger partial charge >= 0.3 is 0 Å². The highest BCUT2D eigenvalue weighted by molar-refractivity contribution is 5.80. The number of hydrogen-bond acceptors (Lipinski definition) is 4. The minimum atomic E-state index is -0.224. The summed E-state index contributed by atoms with van der Waals surface area (Å²) < 4.78 is 0. The molecule has 0 radical (unpaired) electrons. The average molecular weight is 202 g/mol. The summed E-state index contributed by atoms with van der Waals surface area (Å²) in [6, 6.07) is 5.51. The zero-order valence-electron chi connectivity index (χ0n) is 7.97. The van der Waals surface area contributed by atoms with Crippen molar-refractivity contribution in [1.29, 1.82) is 0 Å². The standard InChI is InChI=1S/C10H10N4O/c11-14-10(15)6-7-1-2-8-9(5-7)13-4-3-12-8/h1-5H,6,11H2,(H,14,15). The number of nitrogens with two attached hydrogens (primary N) is 1. The van der Waals surface area contributed by atoms with Crippen molar-refractivity contribution >= 4 is 16.9 Å². The maximum Gasteiger partial charge on any atom is 0.238 e. The normalized spacial score (nSPS) is 10.2. The van der Waals surface area contributed by atoms with E-state index < -0.39 is 0 Å². The van der Waals surface area contributed by atoms with Gasteiger partial charge < -0.3 is 0 Å². The van der Waals surface area contributed by atoms with E-state index in [9.17, 15) is 4.79 Å². The van der Waals surface area contributed by atoms with Crippen LogP contribution in [0.25, 0.3) is 11.0 Å². The van der Waals surface area contributed by atoms with Gasteiger partial charge in [0.25, 0.3) is 0 Å². The van der Waals surface area contributed by atoms with Gasteiger partial charge in [0.15, 0.2) is 0 Å². The summed E-state index contributed by atoms with van der Waals surface area (Å²) in [5.41, 5.74) is 4.55. The molecule has 5 nitrogen and oxygen atoms in total. The van der Waals surface area contributed by atoms with E-state index in [1.165, 1.54) is 0 Å². The van der Waals surface area contributed by atoms with Gasteiger partial charge in [-0.05, 0) is 17.7 Å². The summed E-state index contributed by atoms with van der Waals surface area (Å²) in [4.78, 5) is 19.3. The van der Waals surface area contributed by atoms with Crippen LogP contribution >= 0.6 is 0 Å². The maximum atomic E-state index is 11.0. The van der Waals surface area contributed by atoms with E-state index in [2.05, 4.69) is 15.4 Å². The minimum Gasteiger partial charge on any atom is -0.294 e. The summed E-state index contributed by atoms with van der Waals surface area (Å²) in [5, 5.41) is 0. The van der Waals surface area contributed by atoms with Crippen molar-refractivity contribution < 1.29 is 4.79 Å². The van der Waals surface area contributed by atoms with Crippen molar-refractivity contribution in [2.45, 2.75) is 6.42 Å². The van der Waals surface area contributed by atoms with E-state index in [0.29, 0.717) is 0 Å². The summed E-state index contributed by atoms with van der Waals surface area (Å²) in [6.07, 6.45) is 3.51. The highest BCUT2D eigenvalue weighted by Crippen LogP contribution is 2.11. The molecule has 0 spiro atoms. The highest BCUT2D eigenvalue weighted by atomic mass is 16.2. The predicted molar refractivity (Wildman–Crippen MR) is 55.6 cm³/mol. The zero-order chi connectivity index (χ0) is 10.7. The van der Waals surface area contributed by atoms with Crippen molar-refractivity contribution in [1.82, 2.24) is 15.4 Å². The Labute approximate surface area is 86.3 Å². The number of nitrogens with zero attached hydrogens (tertiary/aromatic N) is 2. The lowest BCUT2D eigenvalue weighted by molar-refractivity contribution is -0.120. The molecule has 0 atom stereocenters. The number of carbonyl (C=O) groups is 1. The molecule has 1 aromatic carbocycles. The molecule has 0 saturated carbocycles. The Morgan fingerprint density at radius 1 is 1.27 bits per heavy atom. The summed E-state index contributed by atoms with van der Waals surface area (Å²) in [6.45, 7) is 0. The zero-order valence-corrected chi connectivity index (χ0v) is 7.97. The Bertz CT molecular complexity index is 498. The molecule has 5 heteroatoms. The molecule has 0 bridgehead atoms. The summed E-state index contributed by atoms with van der Waals surface area (Å²) >= 11 is 0. The third-order valence-corrected chi connectivity index (χ3v) is 2.06. The van der Waals surface area contributed by atoms with E-state index in [-0.39, 0.29) is 12.3 Å².